The predicted molar refractivity (Wildman–Crippen MR) is 77.8 cm³/mol. The number of alkyl halides is 3. The van der Waals surface area contributed by atoms with Gasteiger partial charge in [0.25, 0.3) is 0 Å². The van der Waals surface area contributed by atoms with E-state index in [-0.39, 0.29) is 5.82 Å². The zero-order valence-corrected chi connectivity index (χ0v) is 11.3. The van der Waals surface area contributed by atoms with E-state index in [1.165, 1.54) is 12.3 Å². The van der Waals surface area contributed by atoms with E-state index >= 15 is 0 Å². The van der Waals surface area contributed by atoms with Gasteiger partial charge >= 0.3 is 12.2 Å². The Hall–Kier alpha value is -2.83. The SMILES string of the molecule is NC(=O)Nc1cc(C=Cc2cccc(C(F)(F)F)c2)ccn1. The number of pyridine rings is 1. The molecule has 0 aliphatic heterocycles. The molecule has 0 atom stereocenters. The van der Waals surface area contributed by atoms with Crippen molar-refractivity contribution in [1.29, 1.82) is 0 Å². The maximum absolute atomic E-state index is 12.6. The van der Waals surface area contributed by atoms with Crippen molar-refractivity contribution in [2.75, 3.05) is 5.32 Å². The molecule has 1 aromatic heterocycles. The van der Waals surface area contributed by atoms with Gasteiger partial charge < -0.3 is 5.73 Å². The Balaban J connectivity index is 2.20. The average Bonchev–Trinajstić information content (AvgIpc) is 2.44. The summed E-state index contributed by atoms with van der Waals surface area (Å²) in [4.78, 5) is 14.6. The van der Waals surface area contributed by atoms with Crippen molar-refractivity contribution in [2.45, 2.75) is 6.18 Å². The maximum Gasteiger partial charge on any atom is 0.416 e. The van der Waals surface area contributed by atoms with Crippen molar-refractivity contribution in [2.24, 2.45) is 5.73 Å². The van der Waals surface area contributed by atoms with Crippen LogP contribution in [0.15, 0.2) is 42.6 Å². The lowest BCUT2D eigenvalue weighted by molar-refractivity contribution is -0.137. The first kappa shape index (κ1) is 15.6. The number of anilines is 1. The molecule has 0 saturated carbocycles. The van der Waals surface area contributed by atoms with E-state index in [1.807, 2.05) is 0 Å². The Kier molecular flexibility index (Phi) is 4.45. The molecule has 1 aromatic carbocycles. The second-order valence-electron chi connectivity index (χ2n) is 4.42. The van der Waals surface area contributed by atoms with Crippen molar-refractivity contribution in [3.8, 4) is 0 Å². The van der Waals surface area contributed by atoms with Gasteiger partial charge in [-0.05, 0) is 35.4 Å². The Morgan fingerprint density at radius 2 is 1.82 bits per heavy atom. The van der Waals surface area contributed by atoms with E-state index in [9.17, 15) is 18.0 Å². The average molecular weight is 307 g/mol. The number of nitrogens with zero attached hydrogens (tertiary/aromatic N) is 1. The zero-order chi connectivity index (χ0) is 16.2. The normalized spacial score (nSPS) is 11.6. The Morgan fingerprint density at radius 1 is 1.14 bits per heavy atom. The van der Waals surface area contributed by atoms with Crippen LogP contribution in [-0.2, 0) is 6.18 Å². The van der Waals surface area contributed by atoms with Crippen LogP contribution in [0.1, 0.15) is 16.7 Å². The van der Waals surface area contributed by atoms with E-state index in [4.69, 9.17) is 5.73 Å². The summed E-state index contributed by atoms with van der Waals surface area (Å²) in [6, 6.07) is 7.43. The van der Waals surface area contributed by atoms with Crippen LogP contribution in [0, 0.1) is 0 Å². The summed E-state index contributed by atoms with van der Waals surface area (Å²) in [6.45, 7) is 0. The summed E-state index contributed by atoms with van der Waals surface area (Å²) >= 11 is 0. The second-order valence-corrected chi connectivity index (χ2v) is 4.42. The molecular weight excluding hydrogens is 295 g/mol. The van der Waals surface area contributed by atoms with Crippen LogP contribution in [0.2, 0.25) is 0 Å². The van der Waals surface area contributed by atoms with Crippen molar-refractivity contribution in [3.63, 3.8) is 0 Å². The molecule has 22 heavy (non-hydrogen) atoms. The lowest BCUT2D eigenvalue weighted by Gasteiger charge is -2.06. The number of halogens is 3. The molecule has 0 spiro atoms. The first-order valence-electron chi connectivity index (χ1n) is 6.22. The number of aromatic nitrogens is 1. The Bertz CT molecular complexity index is 711. The molecule has 0 aliphatic rings. The van der Waals surface area contributed by atoms with Crippen molar-refractivity contribution < 1.29 is 18.0 Å². The molecular formula is C15H12F3N3O. The van der Waals surface area contributed by atoms with Crippen LogP contribution in [0.4, 0.5) is 23.8 Å². The molecule has 0 aliphatic carbocycles. The number of urea groups is 1. The van der Waals surface area contributed by atoms with Crippen LogP contribution < -0.4 is 11.1 Å². The number of carbonyl (C=O) groups excluding carboxylic acids is 1. The largest absolute Gasteiger partial charge is 0.416 e. The predicted octanol–water partition coefficient (Wildman–Crippen LogP) is 3.76. The molecule has 2 amide bonds. The fourth-order valence-electron chi connectivity index (χ4n) is 1.76. The standard InChI is InChI=1S/C15H12F3N3O/c16-15(17,18)12-3-1-2-10(8-12)4-5-11-6-7-20-13(9-11)21-14(19)22/h1-9H,(H3,19,20,21,22). The molecule has 4 nitrogen and oxygen atoms in total. The van der Waals surface area contributed by atoms with Crippen LogP contribution in [-0.4, -0.2) is 11.0 Å². The highest BCUT2D eigenvalue weighted by Crippen LogP contribution is 2.29. The van der Waals surface area contributed by atoms with Crippen LogP contribution in [0.25, 0.3) is 12.2 Å². The Labute approximate surface area is 124 Å². The van der Waals surface area contributed by atoms with Crippen LogP contribution in [0.5, 0.6) is 0 Å². The third-order valence-corrected chi connectivity index (χ3v) is 2.72. The Morgan fingerprint density at radius 3 is 2.45 bits per heavy atom. The molecule has 1 heterocycles. The summed E-state index contributed by atoms with van der Waals surface area (Å²) in [5.41, 5.74) is 5.35. The molecule has 2 aromatic rings. The highest BCUT2D eigenvalue weighted by Gasteiger charge is 2.30. The van der Waals surface area contributed by atoms with E-state index < -0.39 is 17.8 Å². The summed E-state index contributed by atoms with van der Waals surface area (Å²) in [7, 11) is 0. The first-order chi connectivity index (χ1) is 10.3. The van der Waals surface area contributed by atoms with Gasteiger partial charge in [0.1, 0.15) is 5.82 Å². The van der Waals surface area contributed by atoms with Crippen molar-refractivity contribution >= 4 is 24.0 Å². The highest BCUT2D eigenvalue weighted by atomic mass is 19.4. The summed E-state index contributed by atoms with van der Waals surface area (Å²) < 4.78 is 37.9. The van der Waals surface area contributed by atoms with E-state index in [2.05, 4.69) is 10.3 Å². The first-order valence-corrected chi connectivity index (χ1v) is 6.22. The molecule has 0 bridgehead atoms. The molecule has 114 valence electrons. The number of hydrogen-bond acceptors (Lipinski definition) is 2. The number of nitrogens with two attached hydrogens (primary N) is 1. The minimum Gasteiger partial charge on any atom is -0.351 e. The van der Waals surface area contributed by atoms with E-state index in [1.54, 1.807) is 30.4 Å². The number of benzene rings is 1. The van der Waals surface area contributed by atoms with Gasteiger partial charge in [-0.2, -0.15) is 13.2 Å². The van der Waals surface area contributed by atoms with Crippen molar-refractivity contribution in [3.05, 3.63) is 59.3 Å². The topological polar surface area (TPSA) is 68.0 Å². The van der Waals surface area contributed by atoms with Crippen molar-refractivity contribution in [1.82, 2.24) is 4.98 Å². The van der Waals surface area contributed by atoms with Gasteiger partial charge in [-0.25, -0.2) is 9.78 Å². The van der Waals surface area contributed by atoms with Gasteiger partial charge in [0.05, 0.1) is 5.56 Å². The third-order valence-electron chi connectivity index (χ3n) is 2.72. The van der Waals surface area contributed by atoms with Gasteiger partial charge in [-0.1, -0.05) is 24.3 Å². The quantitative estimate of drug-likeness (QED) is 0.906. The van der Waals surface area contributed by atoms with Gasteiger partial charge in [0.2, 0.25) is 0 Å². The van der Waals surface area contributed by atoms with Gasteiger partial charge in [0.15, 0.2) is 0 Å². The zero-order valence-electron chi connectivity index (χ0n) is 11.3. The fourth-order valence-corrected chi connectivity index (χ4v) is 1.76. The highest BCUT2D eigenvalue weighted by molar-refractivity contribution is 5.87. The molecule has 0 saturated heterocycles. The minimum absolute atomic E-state index is 0.263. The smallest absolute Gasteiger partial charge is 0.351 e. The fraction of sp³-hybridized carbons (Fsp3) is 0.0667. The lowest BCUT2D eigenvalue weighted by atomic mass is 10.1. The summed E-state index contributed by atoms with van der Waals surface area (Å²) in [5.74, 6) is 0.263. The van der Waals surface area contributed by atoms with E-state index in [0.717, 1.165) is 12.1 Å². The van der Waals surface area contributed by atoms with Crippen LogP contribution >= 0.6 is 0 Å². The monoisotopic (exact) mass is 307 g/mol. The molecule has 0 fully saturated rings. The number of carbonyl (C=O) groups is 1. The number of hydrogen-bond donors (Lipinski definition) is 2. The molecule has 3 N–H and O–H groups in total. The number of amides is 2. The minimum atomic E-state index is -4.38. The van der Waals surface area contributed by atoms with Crippen LogP contribution in [0.3, 0.4) is 0 Å². The molecule has 0 radical (unpaired) electrons. The van der Waals surface area contributed by atoms with Gasteiger partial charge in [-0.15, -0.1) is 0 Å². The number of primary amides is 1. The van der Waals surface area contributed by atoms with E-state index in [0.29, 0.717) is 11.1 Å². The number of rotatable bonds is 3. The molecule has 2 rings (SSSR count). The lowest BCUT2D eigenvalue weighted by Crippen LogP contribution is -2.19. The van der Waals surface area contributed by atoms with Gasteiger partial charge in [0, 0.05) is 6.20 Å². The second kappa shape index (κ2) is 6.30. The number of nitrogens with one attached hydrogen (secondary N) is 1. The maximum atomic E-state index is 12.6. The third kappa shape index (κ3) is 4.34. The van der Waals surface area contributed by atoms with Gasteiger partial charge in [-0.3, -0.25) is 5.32 Å². The summed E-state index contributed by atoms with van der Waals surface area (Å²) in [6.07, 6.45) is 0.234. The molecule has 0 unspecified atom stereocenters. The summed E-state index contributed by atoms with van der Waals surface area (Å²) in [5, 5.41) is 2.32. The molecule has 7 heteroatoms.